The van der Waals surface area contributed by atoms with Gasteiger partial charge in [0.2, 0.25) is 0 Å². The van der Waals surface area contributed by atoms with Crippen molar-refractivity contribution in [1.82, 2.24) is 9.55 Å². The van der Waals surface area contributed by atoms with Gasteiger partial charge < -0.3 is 15.2 Å². The molecule has 0 amide bonds. The molecule has 0 aliphatic carbocycles. The predicted octanol–water partition coefficient (Wildman–Crippen LogP) is -0.493. The molecule has 0 unspecified atom stereocenters. The quantitative estimate of drug-likeness (QED) is 0.546. The third-order valence-corrected chi connectivity index (χ3v) is 3.86. The van der Waals surface area contributed by atoms with Crippen molar-refractivity contribution in [3.8, 4) is 0 Å². The van der Waals surface area contributed by atoms with Gasteiger partial charge in [0.15, 0.2) is 15.7 Å². The van der Waals surface area contributed by atoms with E-state index in [0.717, 1.165) is 6.20 Å². The number of aromatic nitrogens is 2. The van der Waals surface area contributed by atoms with Crippen LogP contribution in [0.25, 0.3) is 0 Å². The highest BCUT2D eigenvalue weighted by atomic mass is 32.2. The van der Waals surface area contributed by atoms with Crippen molar-refractivity contribution in [2.75, 3.05) is 18.1 Å². The number of aliphatic hydroxyl groups is 1. The van der Waals surface area contributed by atoms with Crippen LogP contribution in [-0.4, -0.2) is 46.1 Å². The number of rotatable bonds is 6. The highest BCUT2D eigenvalue weighted by Gasteiger charge is 2.20. The number of nitro groups is 1. The van der Waals surface area contributed by atoms with Crippen LogP contribution in [0.5, 0.6) is 0 Å². The molecule has 17 heavy (non-hydrogen) atoms. The smallest absolute Gasteiger partial charge is 0.342 e. The maximum atomic E-state index is 11.4. The topological polar surface area (TPSA) is 115 Å². The van der Waals surface area contributed by atoms with Gasteiger partial charge in [-0.3, -0.25) is 0 Å². The maximum absolute atomic E-state index is 11.4. The highest BCUT2D eigenvalue weighted by molar-refractivity contribution is 7.91. The number of sulfone groups is 1. The highest BCUT2D eigenvalue weighted by Crippen LogP contribution is 2.13. The molecule has 1 aromatic heterocycles. The van der Waals surface area contributed by atoms with E-state index in [1.54, 1.807) is 6.92 Å². The van der Waals surface area contributed by atoms with Gasteiger partial charge in [0.25, 0.3) is 0 Å². The number of hydrogen-bond acceptors (Lipinski definition) is 6. The second kappa shape index (κ2) is 5.23. The van der Waals surface area contributed by atoms with Gasteiger partial charge in [-0.25, -0.2) is 18.0 Å². The summed E-state index contributed by atoms with van der Waals surface area (Å²) >= 11 is 0. The zero-order valence-corrected chi connectivity index (χ0v) is 10.1. The summed E-state index contributed by atoms with van der Waals surface area (Å²) in [4.78, 5) is 13.8. The van der Waals surface area contributed by atoms with Gasteiger partial charge in [0.1, 0.15) is 12.7 Å². The van der Waals surface area contributed by atoms with Gasteiger partial charge in [0.05, 0.1) is 18.1 Å². The molecule has 0 saturated carbocycles. The lowest BCUT2D eigenvalue weighted by atomic mass is 10.6. The molecule has 0 aliphatic heterocycles. The van der Waals surface area contributed by atoms with Crippen molar-refractivity contribution >= 4 is 15.7 Å². The summed E-state index contributed by atoms with van der Waals surface area (Å²) in [7, 11) is -3.39. The molecule has 8 nitrogen and oxygen atoms in total. The summed E-state index contributed by atoms with van der Waals surface area (Å²) in [5.41, 5.74) is 0. The van der Waals surface area contributed by atoms with E-state index in [-0.39, 0.29) is 23.9 Å². The van der Waals surface area contributed by atoms with Crippen molar-refractivity contribution in [3.63, 3.8) is 0 Å². The molecule has 1 aromatic rings. The Hall–Kier alpha value is -1.48. The maximum Gasteiger partial charge on any atom is 0.342 e. The second-order valence-corrected chi connectivity index (χ2v) is 5.75. The Labute approximate surface area is 98.0 Å². The number of aryl methyl sites for hydroxylation is 1. The van der Waals surface area contributed by atoms with Crippen molar-refractivity contribution in [3.05, 3.63) is 22.1 Å². The first kappa shape index (κ1) is 13.6. The first-order valence-electron chi connectivity index (χ1n) is 4.85. The van der Waals surface area contributed by atoms with E-state index in [2.05, 4.69) is 4.98 Å². The van der Waals surface area contributed by atoms with Crippen LogP contribution < -0.4 is 0 Å². The van der Waals surface area contributed by atoms with Crippen molar-refractivity contribution in [2.45, 2.75) is 13.5 Å². The predicted molar refractivity (Wildman–Crippen MR) is 59.4 cm³/mol. The summed E-state index contributed by atoms with van der Waals surface area (Å²) in [6.07, 6.45) is 1.09. The fourth-order valence-electron chi connectivity index (χ4n) is 1.35. The van der Waals surface area contributed by atoms with E-state index in [4.69, 9.17) is 5.11 Å². The van der Waals surface area contributed by atoms with Crippen LogP contribution in [0.15, 0.2) is 6.20 Å². The molecule has 1 heterocycles. The number of aliphatic hydroxyl groups excluding tert-OH is 1. The van der Waals surface area contributed by atoms with E-state index < -0.39 is 21.4 Å². The molecule has 1 N–H and O–H groups in total. The van der Waals surface area contributed by atoms with Gasteiger partial charge in [-0.1, -0.05) is 0 Å². The molecule has 0 saturated heterocycles. The number of hydrogen-bond donors (Lipinski definition) is 1. The summed E-state index contributed by atoms with van der Waals surface area (Å²) in [5, 5.41) is 19.2. The van der Waals surface area contributed by atoms with Gasteiger partial charge in [-0.15, -0.1) is 0 Å². The van der Waals surface area contributed by atoms with Crippen LogP contribution in [0.4, 0.5) is 5.82 Å². The molecule has 0 aromatic carbocycles. The van der Waals surface area contributed by atoms with Crippen molar-refractivity contribution < 1.29 is 18.4 Å². The van der Waals surface area contributed by atoms with Gasteiger partial charge >= 0.3 is 5.82 Å². The lowest BCUT2D eigenvalue weighted by molar-refractivity contribution is -0.392. The number of imidazole rings is 1. The monoisotopic (exact) mass is 263 g/mol. The largest absolute Gasteiger partial charge is 0.395 e. The minimum absolute atomic E-state index is 0.0372. The molecular weight excluding hydrogens is 250 g/mol. The van der Waals surface area contributed by atoms with Crippen LogP contribution in [0, 0.1) is 17.0 Å². The molecule has 0 radical (unpaired) electrons. The normalized spacial score (nSPS) is 11.6. The standard InChI is InChI=1S/C8H13N3O5S/c1-7-9-6-8(11(13)14)10(7)2-4-17(15,16)5-3-12/h6,12H,2-5H2,1H3. The van der Waals surface area contributed by atoms with Gasteiger partial charge in [-0.05, 0) is 4.92 Å². The van der Waals surface area contributed by atoms with Crippen LogP contribution in [-0.2, 0) is 16.4 Å². The molecular formula is C8H13N3O5S. The summed E-state index contributed by atoms with van der Waals surface area (Å²) < 4.78 is 23.9. The number of nitrogens with zero attached hydrogens (tertiary/aromatic N) is 3. The average Bonchev–Trinajstić information content (AvgIpc) is 2.57. The molecule has 96 valence electrons. The molecule has 0 aliphatic rings. The Balaban J connectivity index is 2.82. The zero-order valence-electron chi connectivity index (χ0n) is 9.24. The van der Waals surface area contributed by atoms with Crippen molar-refractivity contribution in [1.29, 1.82) is 0 Å². The molecule has 0 spiro atoms. The fraction of sp³-hybridized carbons (Fsp3) is 0.625. The minimum atomic E-state index is -3.39. The summed E-state index contributed by atoms with van der Waals surface area (Å²) in [6.45, 7) is 1.07. The van der Waals surface area contributed by atoms with Crippen LogP contribution >= 0.6 is 0 Å². The van der Waals surface area contributed by atoms with Crippen LogP contribution in [0.2, 0.25) is 0 Å². The molecule has 9 heteroatoms. The summed E-state index contributed by atoms with van der Waals surface area (Å²) in [6, 6.07) is 0. The summed E-state index contributed by atoms with van der Waals surface area (Å²) in [5.74, 6) is -0.447. The van der Waals surface area contributed by atoms with Crippen LogP contribution in [0.1, 0.15) is 5.82 Å². The molecule has 0 fully saturated rings. The van der Waals surface area contributed by atoms with Crippen molar-refractivity contribution in [2.24, 2.45) is 0 Å². The van der Waals surface area contributed by atoms with Gasteiger partial charge in [-0.2, -0.15) is 0 Å². The SMILES string of the molecule is Cc1ncc([N+](=O)[O-])n1CCS(=O)(=O)CCO. The Bertz CT molecular complexity index is 507. The van der Waals surface area contributed by atoms with E-state index in [0.29, 0.717) is 5.82 Å². The minimum Gasteiger partial charge on any atom is -0.395 e. The van der Waals surface area contributed by atoms with Crippen LogP contribution in [0.3, 0.4) is 0 Å². The van der Waals surface area contributed by atoms with E-state index in [1.807, 2.05) is 0 Å². The lowest BCUT2D eigenvalue weighted by Crippen LogP contribution is -2.19. The Morgan fingerprint density at radius 2 is 2.18 bits per heavy atom. The Morgan fingerprint density at radius 3 is 2.71 bits per heavy atom. The molecule has 0 atom stereocenters. The third-order valence-electron chi connectivity index (χ3n) is 2.25. The van der Waals surface area contributed by atoms with E-state index in [9.17, 15) is 18.5 Å². The first-order valence-corrected chi connectivity index (χ1v) is 6.67. The molecule has 0 bridgehead atoms. The lowest BCUT2D eigenvalue weighted by Gasteiger charge is -2.03. The van der Waals surface area contributed by atoms with E-state index >= 15 is 0 Å². The first-order chi connectivity index (χ1) is 7.87. The average molecular weight is 263 g/mol. The molecule has 1 rings (SSSR count). The zero-order chi connectivity index (χ0) is 13.1. The van der Waals surface area contributed by atoms with E-state index in [1.165, 1.54) is 4.57 Å². The Morgan fingerprint density at radius 1 is 1.53 bits per heavy atom. The van der Waals surface area contributed by atoms with Gasteiger partial charge in [0, 0.05) is 6.92 Å². The second-order valence-electron chi connectivity index (χ2n) is 3.45. The Kier molecular flexibility index (Phi) is 4.18. The fourth-order valence-corrected chi connectivity index (χ4v) is 2.29. The third kappa shape index (κ3) is 3.49.